The van der Waals surface area contributed by atoms with Crippen LogP contribution in [0, 0.1) is 0 Å². The van der Waals surface area contributed by atoms with Crippen molar-refractivity contribution in [3.8, 4) is 0 Å². The molecule has 0 bridgehead atoms. The summed E-state index contributed by atoms with van der Waals surface area (Å²) >= 11 is 0. The quantitative estimate of drug-likeness (QED) is 0.468. The molecule has 0 saturated carbocycles. The molecule has 1 N–H and O–H groups in total. The van der Waals surface area contributed by atoms with Crippen LogP contribution in [0.2, 0.25) is 0 Å². The van der Waals surface area contributed by atoms with Crippen molar-refractivity contribution >= 4 is 17.9 Å². The van der Waals surface area contributed by atoms with E-state index in [0.29, 0.717) is 0 Å². The highest BCUT2D eigenvalue weighted by Gasteiger charge is 2.26. The number of carboxylic acid groups (broad SMARTS) is 1. The summed E-state index contributed by atoms with van der Waals surface area (Å²) in [4.78, 5) is 20.8. The van der Waals surface area contributed by atoms with Gasteiger partial charge in [-0.2, -0.15) is 5.10 Å². The van der Waals surface area contributed by atoms with Gasteiger partial charge in [0.25, 0.3) is 0 Å². The summed E-state index contributed by atoms with van der Waals surface area (Å²) in [6.45, 7) is 4.95. The van der Waals surface area contributed by atoms with Gasteiger partial charge in [0.05, 0.1) is 25.0 Å². The van der Waals surface area contributed by atoms with Crippen LogP contribution in [0.1, 0.15) is 23.1 Å². The molecule has 0 aromatic heterocycles. The van der Waals surface area contributed by atoms with E-state index in [4.69, 9.17) is 9.94 Å². The van der Waals surface area contributed by atoms with Gasteiger partial charge >= 0.3 is 5.97 Å². The number of carboxylic acids is 1. The number of rotatable bonds is 9. The van der Waals surface area contributed by atoms with E-state index in [1.54, 1.807) is 0 Å². The Balaban J connectivity index is 1.22. The minimum absolute atomic E-state index is 0.0406. The minimum Gasteiger partial charge on any atom is -0.480 e. The van der Waals surface area contributed by atoms with Crippen LogP contribution in [-0.4, -0.2) is 90.2 Å². The maximum Gasteiger partial charge on any atom is 0.317 e. The Kier molecular flexibility index (Phi) is 7.70. The lowest BCUT2D eigenvalue weighted by Gasteiger charge is -2.34. The van der Waals surface area contributed by atoms with Gasteiger partial charge in [0.2, 0.25) is 0 Å². The van der Waals surface area contributed by atoms with Crippen LogP contribution in [-0.2, 0) is 16.2 Å². The van der Waals surface area contributed by atoms with E-state index in [1.807, 2.05) is 53.5 Å². The molecule has 2 aromatic carbocycles. The molecule has 2 aliphatic heterocycles. The highest BCUT2D eigenvalue weighted by atomic mass is 16.6. The van der Waals surface area contributed by atoms with Crippen LogP contribution in [0.3, 0.4) is 0 Å². The molecule has 2 aromatic rings. The van der Waals surface area contributed by atoms with E-state index < -0.39 is 5.97 Å². The number of hydrogen-bond acceptors (Lipinski definition) is 7. The second-order valence-corrected chi connectivity index (χ2v) is 8.61. The van der Waals surface area contributed by atoms with E-state index >= 15 is 0 Å². The molecule has 0 aliphatic carbocycles. The molecular weight excluding hydrogens is 418 g/mol. The lowest BCUT2D eigenvalue weighted by molar-refractivity contribution is -0.138. The van der Waals surface area contributed by atoms with Gasteiger partial charge in [-0.1, -0.05) is 59.8 Å². The lowest BCUT2D eigenvalue weighted by atomic mass is 10.0. The number of piperazine rings is 1. The van der Waals surface area contributed by atoms with Crippen molar-refractivity contribution in [3.63, 3.8) is 0 Å². The van der Waals surface area contributed by atoms with Crippen molar-refractivity contribution in [1.29, 1.82) is 0 Å². The third-order valence-electron chi connectivity index (χ3n) is 5.92. The predicted molar refractivity (Wildman–Crippen MR) is 128 cm³/mol. The molecule has 2 aliphatic rings. The molecule has 8 heteroatoms. The fraction of sp³-hybridized carbons (Fsp3) is 0.400. The van der Waals surface area contributed by atoms with Gasteiger partial charge in [0, 0.05) is 46.2 Å². The number of carbonyl (C=O) groups is 1. The molecule has 174 valence electrons. The Bertz CT molecular complexity index is 969. The number of aliphatic carboxylic acids is 1. The third-order valence-corrected chi connectivity index (χ3v) is 5.92. The molecule has 33 heavy (non-hydrogen) atoms. The van der Waals surface area contributed by atoms with Gasteiger partial charge in [0.15, 0.2) is 0 Å². The normalized spacial score (nSPS) is 19.4. The highest BCUT2D eigenvalue weighted by molar-refractivity contribution is 6.01. The number of hydrogen-bond donors (Lipinski definition) is 1. The van der Waals surface area contributed by atoms with Crippen LogP contribution < -0.4 is 0 Å². The van der Waals surface area contributed by atoms with E-state index in [2.05, 4.69) is 39.4 Å². The molecule has 0 radical (unpaired) electrons. The average Bonchev–Trinajstić information content (AvgIpc) is 3.28. The van der Waals surface area contributed by atoms with E-state index in [1.165, 1.54) is 5.56 Å². The smallest absolute Gasteiger partial charge is 0.317 e. The predicted octanol–water partition coefficient (Wildman–Crippen LogP) is 2.35. The van der Waals surface area contributed by atoms with E-state index in [-0.39, 0.29) is 12.6 Å². The molecule has 8 nitrogen and oxygen atoms in total. The van der Waals surface area contributed by atoms with Crippen molar-refractivity contribution < 1.29 is 14.7 Å². The van der Waals surface area contributed by atoms with Crippen molar-refractivity contribution in [2.24, 2.45) is 10.3 Å². The highest BCUT2D eigenvalue weighted by Crippen LogP contribution is 2.19. The second kappa shape index (κ2) is 11.1. The zero-order valence-electron chi connectivity index (χ0n) is 19.0. The van der Waals surface area contributed by atoms with Crippen LogP contribution >= 0.6 is 0 Å². The lowest BCUT2D eigenvalue weighted by Crippen LogP contribution is -2.49. The van der Waals surface area contributed by atoms with Gasteiger partial charge in [-0.15, -0.1) is 0 Å². The minimum atomic E-state index is -0.767. The Hall–Kier alpha value is -3.23. The fourth-order valence-corrected chi connectivity index (χ4v) is 4.12. The molecule has 0 spiro atoms. The zero-order chi connectivity index (χ0) is 23.0. The summed E-state index contributed by atoms with van der Waals surface area (Å²) in [5, 5.41) is 19.7. The third kappa shape index (κ3) is 6.87. The fourth-order valence-electron chi connectivity index (χ4n) is 4.12. The monoisotopic (exact) mass is 449 g/mol. The molecule has 4 rings (SSSR count). The molecular formula is C25H31N5O3. The first kappa shape index (κ1) is 22.9. The number of benzene rings is 2. The topological polar surface area (TPSA) is 81.0 Å². The Labute approximate surface area is 194 Å². The van der Waals surface area contributed by atoms with Gasteiger partial charge < -0.3 is 9.94 Å². The summed E-state index contributed by atoms with van der Waals surface area (Å²) in [6.07, 6.45) is 2.69. The standard InChI is InChI=1S/C25H31N5O3/c1-28(17-21-5-3-2-4-6-21)26-16-20-7-9-22(10-8-20)24-15-23(33-27-24)18-29-11-13-30(14-12-29)19-25(31)32/h2-10,16,23H,11-15,17-19H2,1H3,(H,31,32). The molecule has 1 atom stereocenters. The summed E-state index contributed by atoms with van der Waals surface area (Å²) in [5.41, 5.74) is 4.30. The van der Waals surface area contributed by atoms with Crippen molar-refractivity contribution in [1.82, 2.24) is 14.8 Å². The Morgan fingerprint density at radius 3 is 2.52 bits per heavy atom. The van der Waals surface area contributed by atoms with Gasteiger partial charge in [-0.25, -0.2) is 0 Å². The summed E-state index contributed by atoms with van der Waals surface area (Å²) < 4.78 is 0. The molecule has 2 heterocycles. The van der Waals surface area contributed by atoms with Crippen LogP contribution in [0.4, 0.5) is 0 Å². The summed E-state index contributed by atoms with van der Waals surface area (Å²) in [7, 11) is 1.97. The first-order chi connectivity index (χ1) is 16.0. The van der Waals surface area contributed by atoms with Crippen molar-refractivity contribution in [3.05, 3.63) is 71.3 Å². The molecule has 0 amide bonds. The first-order valence-electron chi connectivity index (χ1n) is 11.3. The summed E-state index contributed by atoms with van der Waals surface area (Å²) in [5.74, 6) is -0.767. The SMILES string of the molecule is CN(Cc1ccccc1)N=Cc1ccc(C2=NOC(CN3CCN(CC(=O)O)CC3)C2)cc1. The Morgan fingerprint density at radius 1 is 1.12 bits per heavy atom. The van der Waals surface area contributed by atoms with Crippen molar-refractivity contribution in [2.75, 3.05) is 46.3 Å². The van der Waals surface area contributed by atoms with Crippen LogP contribution in [0.5, 0.6) is 0 Å². The maximum absolute atomic E-state index is 10.9. The second-order valence-electron chi connectivity index (χ2n) is 8.61. The maximum atomic E-state index is 10.9. The largest absolute Gasteiger partial charge is 0.480 e. The van der Waals surface area contributed by atoms with Crippen LogP contribution in [0.25, 0.3) is 0 Å². The van der Waals surface area contributed by atoms with Crippen LogP contribution in [0.15, 0.2) is 64.9 Å². The van der Waals surface area contributed by atoms with E-state index in [9.17, 15) is 4.79 Å². The number of oxime groups is 1. The number of nitrogens with zero attached hydrogens (tertiary/aromatic N) is 5. The average molecular weight is 450 g/mol. The molecule has 1 saturated heterocycles. The first-order valence-corrected chi connectivity index (χ1v) is 11.3. The van der Waals surface area contributed by atoms with Gasteiger partial charge in [0.1, 0.15) is 6.10 Å². The Morgan fingerprint density at radius 2 is 1.82 bits per heavy atom. The van der Waals surface area contributed by atoms with E-state index in [0.717, 1.165) is 62.5 Å². The van der Waals surface area contributed by atoms with Gasteiger partial charge in [-0.05, 0) is 16.7 Å². The zero-order valence-corrected chi connectivity index (χ0v) is 19.0. The number of hydrazone groups is 1. The molecule has 1 fully saturated rings. The van der Waals surface area contributed by atoms with Gasteiger partial charge in [-0.3, -0.25) is 19.6 Å². The molecule has 1 unspecified atom stereocenters. The van der Waals surface area contributed by atoms with Crippen molar-refractivity contribution in [2.45, 2.75) is 19.1 Å². The summed E-state index contributed by atoms with van der Waals surface area (Å²) in [6, 6.07) is 18.5.